The van der Waals surface area contributed by atoms with Crippen molar-refractivity contribution in [2.45, 2.75) is 77.4 Å². The van der Waals surface area contributed by atoms with Gasteiger partial charge in [-0.1, -0.05) is 73.9 Å². The summed E-state index contributed by atoms with van der Waals surface area (Å²) in [5.41, 5.74) is 7.39. The largest absolute Gasteiger partial charge is 0.507 e. The minimum absolute atomic E-state index is 0.0143. The summed E-state index contributed by atoms with van der Waals surface area (Å²) in [5, 5.41) is 10.4. The maximum atomic E-state index is 14.1. The molecule has 2 aliphatic heterocycles. The minimum Gasteiger partial charge on any atom is -0.507 e. The van der Waals surface area contributed by atoms with E-state index in [0.717, 1.165) is 72.1 Å². The Morgan fingerprint density at radius 2 is 1.60 bits per heavy atom. The fourth-order valence-electron chi connectivity index (χ4n) is 8.53. The number of likely N-dealkylation sites (tertiary alicyclic amines) is 1. The summed E-state index contributed by atoms with van der Waals surface area (Å²) in [5.74, 6) is 0.368. The number of carbonyl (C=O) groups excluding carboxylic acids is 2. The van der Waals surface area contributed by atoms with Crippen molar-refractivity contribution in [1.29, 1.82) is 0 Å². The van der Waals surface area contributed by atoms with Crippen molar-refractivity contribution in [2.24, 2.45) is 17.8 Å². The maximum Gasteiger partial charge on any atom is 0.234 e. The van der Waals surface area contributed by atoms with Crippen LogP contribution in [0.2, 0.25) is 0 Å². The van der Waals surface area contributed by atoms with Crippen LogP contribution in [0.5, 0.6) is 11.5 Å². The number of nitrogens with zero attached hydrogens (tertiary/aromatic N) is 1. The lowest BCUT2D eigenvalue weighted by Gasteiger charge is -2.32. The number of para-hydroxylation sites is 1. The number of hydrogen-bond acceptors (Lipinski definition) is 5. The second-order valence-electron chi connectivity index (χ2n) is 13.8. The van der Waals surface area contributed by atoms with Gasteiger partial charge in [-0.15, -0.1) is 0 Å². The molecule has 2 saturated heterocycles. The van der Waals surface area contributed by atoms with Crippen molar-refractivity contribution in [1.82, 2.24) is 4.90 Å². The van der Waals surface area contributed by atoms with Crippen LogP contribution in [0.1, 0.15) is 73.6 Å². The zero-order chi connectivity index (χ0) is 32.5. The van der Waals surface area contributed by atoms with Gasteiger partial charge in [0.25, 0.3) is 0 Å². The van der Waals surface area contributed by atoms with Crippen LogP contribution in [-0.4, -0.2) is 47.2 Å². The molecule has 2 amide bonds. The molecule has 3 fully saturated rings. The highest BCUT2D eigenvalue weighted by atomic mass is 16.5. The monoisotopic (exact) mass is 631 g/mol. The van der Waals surface area contributed by atoms with Gasteiger partial charge in [-0.25, -0.2) is 0 Å². The Morgan fingerprint density at radius 1 is 0.915 bits per heavy atom. The highest BCUT2D eigenvalue weighted by Gasteiger charge is 2.58. The molecule has 0 spiro atoms. The van der Waals surface area contributed by atoms with E-state index in [1.165, 1.54) is 17.6 Å². The van der Waals surface area contributed by atoms with E-state index >= 15 is 0 Å². The lowest BCUT2D eigenvalue weighted by atomic mass is 9.69. The lowest BCUT2D eigenvalue weighted by molar-refractivity contribution is -0.143. The van der Waals surface area contributed by atoms with Crippen molar-refractivity contribution in [3.63, 3.8) is 0 Å². The molecule has 4 aliphatic rings. The van der Waals surface area contributed by atoms with E-state index in [0.29, 0.717) is 25.4 Å². The molecular formula is C41H45NO5. The van der Waals surface area contributed by atoms with Gasteiger partial charge < -0.3 is 14.6 Å². The van der Waals surface area contributed by atoms with E-state index in [1.54, 1.807) is 4.90 Å². The molecule has 0 bridgehead atoms. The number of fused-ring (bicyclic) bond motifs is 3. The Balaban J connectivity index is 1.19. The molecule has 6 nitrogen and oxygen atoms in total. The third-order valence-electron chi connectivity index (χ3n) is 10.8. The van der Waals surface area contributed by atoms with Gasteiger partial charge in [0.15, 0.2) is 0 Å². The van der Waals surface area contributed by atoms with Crippen molar-refractivity contribution in [2.75, 3.05) is 13.2 Å². The lowest BCUT2D eigenvalue weighted by Crippen LogP contribution is -2.42. The number of amides is 2. The Labute approximate surface area is 278 Å². The van der Waals surface area contributed by atoms with Gasteiger partial charge in [-0.05, 0) is 109 Å². The van der Waals surface area contributed by atoms with Crippen LogP contribution in [0, 0.1) is 31.6 Å². The summed E-state index contributed by atoms with van der Waals surface area (Å²) in [4.78, 5) is 29.7. The molecule has 7 rings (SSSR count). The van der Waals surface area contributed by atoms with Gasteiger partial charge in [0, 0.05) is 12.0 Å². The molecule has 6 heteroatoms. The number of rotatable bonds is 9. The van der Waals surface area contributed by atoms with E-state index in [9.17, 15) is 14.7 Å². The number of benzene rings is 3. The first-order valence-corrected chi connectivity index (χ1v) is 17.3. The number of aryl methyl sites for hydroxylation is 2. The highest BCUT2D eigenvalue weighted by molar-refractivity contribution is 6.06. The maximum absolute atomic E-state index is 14.1. The number of ether oxygens (including phenoxy) is 2. The van der Waals surface area contributed by atoms with Gasteiger partial charge in [-0.2, -0.15) is 0 Å². The fraction of sp³-hybridized carbons (Fsp3) is 0.415. The van der Waals surface area contributed by atoms with E-state index in [2.05, 4.69) is 30.3 Å². The van der Waals surface area contributed by atoms with Crippen molar-refractivity contribution in [3.05, 3.63) is 106 Å². The van der Waals surface area contributed by atoms with Crippen LogP contribution in [-0.2, 0) is 14.3 Å². The highest BCUT2D eigenvalue weighted by Crippen LogP contribution is 2.51. The Bertz CT molecular complexity index is 1660. The average Bonchev–Trinajstić information content (AvgIpc) is 3.63. The smallest absolute Gasteiger partial charge is 0.234 e. The van der Waals surface area contributed by atoms with Crippen molar-refractivity contribution in [3.8, 4) is 11.5 Å². The molecule has 1 N–H and O–H groups in total. The summed E-state index contributed by atoms with van der Waals surface area (Å²) < 4.78 is 12.9. The number of carbonyl (C=O) groups is 2. The van der Waals surface area contributed by atoms with E-state index in [1.807, 2.05) is 62.4 Å². The second-order valence-corrected chi connectivity index (χ2v) is 13.8. The summed E-state index contributed by atoms with van der Waals surface area (Å²) in [6.07, 6.45) is 9.29. The molecule has 2 aliphatic carbocycles. The molecular weight excluding hydrogens is 586 g/mol. The third kappa shape index (κ3) is 6.28. The predicted octanol–water partition coefficient (Wildman–Crippen LogP) is 8.06. The number of imide groups is 1. The van der Waals surface area contributed by atoms with Crippen LogP contribution in [0.25, 0.3) is 11.6 Å². The Hall–Kier alpha value is -4.16. The molecule has 1 saturated carbocycles. The number of hydrogen-bond donors (Lipinski definition) is 1. The molecule has 3 aromatic carbocycles. The van der Waals surface area contributed by atoms with Crippen LogP contribution in [0.4, 0.5) is 0 Å². The van der Waals surface area contributed by atoms with Crippen molar-refractivity contribution < 1.29 is 24.2 Å². The number of phenolic OH excluding ortho intramolecular Hbond substituents is 1. The molecule has 47 heavy (non-hydrogen) atoms. The number of phenols is 1. The summed E-state index contributed by atoms with van der Waals surface area (Å²) in [6.45, 7) is 4.70. The number of aromatic hydroxyl groups is 1. The third-order valence-corrected chi connectivity index (χ3v) is 10.8. The van der Waals surface area contributed by atoms with Crippen LogP contribution >= 0.6 is 0 Å². The SMILES string of the molecule is Cc1cc(/C=C(/CC[C@H]2OC[C@H]3C2=C(COc2ccccc2)C[C@H]2C(=O)N(C4CCCCC4)C(=O)[C@H]23)c2ccccc2)cc(C)c1O. The second kappa shape index (κ2) is 13.5. The van der Waals surface area contributed by atoms with Crippen LogP contribution in [0.15, 0.2) is 83.9 Å². The minimum atomic E-state index is -0.350. The van der Waals surface area contributed by atoms with Gasteiger partial charge in [0.1, 0.15) is 18.1 Å². The Kier molecular flexibility index (Phi) is 9.05. The van der Waals surface area contributed by atoms with Gasteiger partial charge in [0.2, 0.25) is 11.8 Å². The van der Waals surface area contributed by atoms with E-state index in [-0.39, 0.29) is 41.7 Å². The molecule has 0 aromatic heterocycles. The van der Waals surface area contributed by atoms with Gasteiger partial charge in [-0.3, -0.25) is 14.5 Å². The molecule has 0 radical (unpaired) electrons. The van der Waals surface area contributed by atoms with Crippen molar-refractivity contribution >= 4 is 23.5 Å². The van der Waals surface area contributed by atoms with Crippen LogP contribution < -0.4 is 4.74 Å². The quantitative estimate of drug-likeness (QED) is 0.147. The summed E-state index contributed by atoms with van der Waals surface area (Å²) in [6, 6.07) is 24.3. The van der Waals surface area contributed by atoms with E-state index in [4.69, 9.17) is 9.47 Å². The first-order chi connectivity index (χ1) is 22.9. The summed E-state index contributed by atoms with van der Waals surface area (Å²) >= 11 is 0. The zero-order valence-corrected chi connectivity index (χ0v) is 27.5. The molecule has 0 unspecified atom stereocenters. The summed E-state index contributed by atoms with van der Waals surface area (Å²) in [7, 11) is 0. The molecule has 2 heterocycles. The predicted molar refractivity (Wildman–Crippen MR) is 184 cm³/mol. The number of allylic oxidation sites excluding steroid dienone is 1. The standard InChI is InChI=1S/C41H45NO5/c1-26-20-28(21-27(2)39(26)43)22-30(29-12-6-3-7-13-29)18-19-36-37-31(24-46-33-16-10-5-11-17-33)23-34-38(35(37)25-47-36)41(45)42(40(34)44)32-14-8-4-9-15-32/h3,5-7,10-13,16-17,20-22,32,34-36,38,43H,4,8-9,14-15,18-19,23-25H2,1-2H3/b30-22-/t34-,35+,36-,38-/m1/s1. The van der Waals surface area contributed by atoms with Gasteiger partial charge in [0.05, 0.1) is 24.5 Å². The molecule has 4 atom stereocenters. The first kappa shape index (κ1) is 31.4. The average molecular weight is 632 g/mol. The molecule has 244 valence electrons. The topological polar surface area (TPSA) is 76.1 Å². The first-order valence-electron chi connectivity index (χ1n) is 17.3. The Morgan fingerprint density at radius 3 is 2.30 bits per heavy atom. The van der Waals surface area contributed by atoms with Gasteiger partial charge >= 0.3 is 0 Å². The zero-order valence-electron chi connectivity index (χ0n) is 27.5. The van der Waals surface area contributed by atoms with E-state index < -0.39 is 0 Å². The normalized spacial score (nSPS) is 24.9. The van der Waals surface area contributed by atoms with Crippen LogP contribution in [0.3, 0.4) is 0 Å². The molecule has 3 aromatic rings. The fourth-order valence-corrected chi connectivity index (χ4v) is 8.53.